The fourth-order valence-corrected chi connectivity index (χ4v) is 5.34. The topological polar surface area (TPSA) is 120 Å². The van der Waals surface area contributed by atoms with Crippen molar-refractivity contribution in [2.24, 2.45) is 0 Å². The molecular weight excluding hydrogens is 499 g/mol. The maximum atomic E-state index is 14.8. The molecule has 1 fully saturated rings. The van der Waals surface area contributed by atoms with E-state index in [1.165, 1.54) is 23.3 Å². The molecule has 190 valence electrons. The second kappa shape index (κ2) is 8.85. The number of alkyl halides is 1. The Hall–Kier alpha value is -3.97. The summed E-state index contributed by atoms with van der Waals surface area (Å²) in [4.78, 5) is 41.2. The molecule has 2 aliphatic heterocycles. The van der Waals surface area contributed by atoms with Crippen molar-refractivity contribution in [1.29, 1.82) is 5.26 Å². The monoisotopic (exact) mass is 522 g/mol. The number of amides is 3. The maximum absolute atomic E-state index is 14.8. The van der Waals surface area contributed by atoms with Crippen LogP contribution in [0.4, 0.5) is 10.1 Å². The molecule has 5 rings (SSSR count). The van der Waals surface area contributed by atoms with Crippen LogP contribution in [0.2, 0.25) is 5.02 Å². The number of fused-ring (bicyclic) bond motifs is 3. The van der Waals surface area contributed by atoms with Crippen molar-refractivity contribution >= 4 is 40.5 Å². The van der Waals surface area contributed by atoms with Crippen LogP contribution >= 0.6 is 11.6 Å². The zero-order chi connectivity index (χ0) is 26.5. The van der Waals surface area contributed by atoms with Gasteiger partial charge in [-0.2, -0.15) is 10.4 Å². The number of hydrogen-bond donors (Lipinski definition) is 2. The van der Waals surface area contributed by atoms with Crippen molar-refractivity contribution < 1.29 is 18.8 Å². The third-order valence-electron chi connectivity index (χ3n) is 6.87. The molecule has 1 aromatic carbocycles. The van der Waals surface area contributed by atoms with E-state index in [1.54, 1.807) is 48.7 Å². The minimum Gasteiger partial charge on any atom is -0.339 e. The van der Waals surface area contributed by atoms with Crippen molar-refractivity contribution in [2.45, 2.75) is 49.9 Å². The molecule has 1 saturated heterocycles. The number of carbonyl (C=O) groups excluding carboxylic acids is 3. The molecule has 0 radical (unpaired) electrons. The number of pyridine rings is 1. The molecule has 3 amide bonds. The first-order valence-electron chi connectivity index (χ1n) is 11.8. The van der Waals surface area contributed by atoms with Crippen LogP contribution in [-0.4, -0.2) is 56.5 Å². The highest BCUT2D eigenvalue weighted by molar-refractivity contribution is 6.31. The number of likely N-dealkylation sites (tertiary alicyclic amines) is 1. The Bertz CT molecular complexity index is 1440. The van der Waals surface area contributed by atoms with E-state index < -0.39 is 35.0 Å². The summed E-state index contributed by atoms with van der Waals surface area (Å²) < 4.78 is 16.3. The van der Waals surface area contributed by atoms with Crippen LogP contribution in [0.1, 0.15) is 42.7 Å². The Morgan fingerprint density at radius 2 is 2.14 bits per heavy atom. The van der Waals surface area contributed by atoms with Gasteiger partial charge in [0, 0.05) is 36.3 Å². The Kier molecular flexibility index (Phi) is 5.91. The van der Waals surface area contributed by atoms with Crippen LogP contribution in [-0.2, 0) is 15.0 Å². The number of hydrogen-bond acceptors (Lipinski definition) is 5. The minimum atomic E-state index is -1.81. The SMILES string of the molecule is CC(C)(F)C[C@H](NC(=O)c1cc2ccccn2n1)C(=O)N1C[C@]2(C[C@H]1C#N)C(=O)Nc1ccc(Cl)cc12. The van der Waals surface area contributed by atoms with E-state index >= 15 is 0 Å². The van der Waals surface area contributed by atoms with Gasteiger partial charge in [0.2, 0.25) is 11.8 Å². The number of aromatic nitrogens is 2. The van der Waals surface area contributed by atoms with Gasteiger partial charge >= 0.3 is 0 Å². The molecule has 4 heterocycles. The van der Waals surface area contributed by atoms with Crippen molar-refractivity contribution in [3.63, 3.8) is 0 Å². The van der Waals surface area contributed by atoms with E-state index in [0.717, 1.165) is 0 Å². The maximum Gasteiger partial charge on any atom is 0.272 e. The molecule has 37 heavy (non-hydrogen) atoms. The average Bonchev–Trinajstić information content (AvgIpc) is 3.52. The second-order valence-electron chi connectivity index (χ2n) is 10.1. The predicted octanol–water partition coefficient (Wildman–Crippen LogP) is 3.24. The van der Waals surface area contributed by atoms with Gasteiger partial charge in [0.1, 0.15) is 17.8 Å². The Balaban J connectivity index is 1.45. The van der Waals surface area contributed by atoms with Crippen molar-refractivity contribution in [1.82, 2.24) is 19.8 Å². The molecule has 1 spiro atoms. The second-order valence-corrected chi connectivity index (χ2v) is 10.5. The van der Waals surface area contributed by atoms with Gasteiger partial charge in [-0.25, -0.2) is 8.91 Å². The molecule has 3 aromatic rings. The first-order valence-corrected chi connectivity index (χ1v) is 12.1. The van der Waals surface area contributed by atoms with Crippen LogP contribution in [0.3, 0.4) is 0 Å². The van der Waals surface area contributed by atoms with Crippen molar-refractivity contribution in [2.75, 3.05) is 11.9 Å². The van der Waals surface area contributed by atoms with Crippen LogP contribution < -0.4 is 10.6 Å². The van der Waals surface area contributed by atoms with Crippen molar-refractivity contribution in [3.05, 3.63) is 64.9 Å². The lowest BCUT2D eigenvalue weighted by Gasteiger charge is -2.29. The lowest BCUT2D eigenvalue weighted by Crippen LogP contribution is -2.52. The quantitative estimate of drug-likeness (QED) is 0.533. The number of nitriles is 1. The molecule has 2 N–H and O–H groups in total. The van der Waals surface area contributed by atoms with Gasteiger partial charge in [0.15, 0.2) is 5.69 Å². The summed E-state index contributed by atoms with van der Waals surface area (Å²) in [6.45, 7) is 2.51. The van der Waals surface area contributed by atoms with E-state index in [4.69, 9.17) is 11.6 Å². The third kappa shape index (κ3) is 4.40. The van der Waals surface area contributed by atoms with Gasteiger partial charge in [0.05, 0.1) is 17.0 Å². The van der Waals surface area contributed by atoms with Gasteiger partial charge in [-0.3, -0.25) is 14.4 Å². The van der Waals surface area contributed by atoms with Crippen LogP contribution in [0.25, 0.3) is 5.52 Å². The number of anilines is 1. The van der Waals surface area contributed by atoms with Crippen molar-refractivity contribution in [3.8, 4) is 6.07 Å². The zero-order valence-electron chi connectivity index (χ0n) is 20.2. The highest BCUT2D eigenvalue weighted by Gasteiger charge is 2.56. The van der Waals surface area contributed by atoms with Gasteiger partial charge in [-0.15, -0.1) is 0 Å². The summed E-state index contributed by atoms with van der Waals surface area (Å²) >= 11 is 6.19. The first-order chi connectivity index (χ1) is 17.5. The Morgan fingerprint density at radius 3 is 2.84 bits per heavy atom. The summed E-state index contributed by atoms with van der Waals surface area (Å²) in [6, 6.07) is 11.7. The van der Waals surface area contributed by atoms with Gasteiger partial charge < -0.3 is 15.5 Å². The number of nitrogens with zero attached hydrogens (tertiary/aromatic N) is 4. The lowest BCUT2D eigenvalue weighted by atomic mass is 9.80. The molecule has 2 aromatic heterocycles. The van der Waals surface area contributed by atoms with E-state index in [9.17, 15) is 24.0 Å². The largest absolute Gasteiger partial charge is 0.339 e. The fourth-order valence-electron chi connectivity index (χ4n) is 5.16. The minimum absolute atomic E-state index is 0.0561. The standard InChI is InChI=1S/C26H24ClFN6O3/c1-25(2,28)12-21(30-22(35)20-10-16-5-3-4-8-34(16)32-20)23(36)33-14-26(11-17(33)13-29)18-9-15(27)6-7-19(18)31-24(26)37/h3-10,17,21H,11-12,14H2,1-2H3,(H,30,35)(H,31,37)/t17-,21-,26-/m0/s1. The molecule has 9 nitrogen and oxygen atoms in total. The summed E-state index contributed by atoms with van der Waals surface area (Å²) in [5, 5.41) is 20.0. The summed E-state index contributed by atoms with van der Waals surface area (Å²) in [7, 11) is 0. The molecule has 0 aliphatic carbocycles. The third-order valence-corrected chi connectivity index (χ3v) is 7.10. The normalized spacial score (nSPS) is 21.5. The van der Waals surface area contributed by atoms with Gasteiger partial charge in [0.25, 0.3) is 5.91 Å². The molecule has 3 atom stereocenters. The Morgan fingerprint density at radius 1 is 1.35 bits per heavy atom. The molecule has 0 saturated carbocycles. The van der Waals surface area contributed by atoms with Crippen LogP contribution in [0.5, 0.6) is 0 Å². The van der Waals surface area contributed by atoms with Crippen LogP contribution in [0.15, 0.2) is 48.7 Å². The molecule has 2 aliphatic rings. The lowest BCUT2D eigenvalue weighted by molar-refractivity contribution is -0.134. The number of halogens is 2. The average molecular weight is 523 g/mol. The summed E-state index contributed by atoms with van der Waals surface area (Å²) in [5.74, 6) is -1.63. The molecule has 0 unspecified atom stereocenters. The highest BCUT2D eigenvalue weighted by atomic mass is 35.5. The molecular formula is C26H24ClFN6O3. The fraction of sp³-hybridized carbons (Fsp3) is 0.346. The number of carbonyl (C=O) groups is 3. The zero-order valence-corrected chi connectivity index (χ0v) is 20.9. The van der Waals surface area contributed by atoms with E-state index in [1.807, 2.05) is 0 Å². The van der Waals surface area contributed by atoms with Gasteiger partial charge in [-0.05, 0) is 55.8 Å². The Labute approximate surface area is 217 Å². The number of nitrogens with one attached hydrogen (secondary N) is 2. The van der Waals surface area contributed by atoms with Gasteiger partial charge in [-0.1, -0.05) is 17.7 Å². The molecule has 11 heteroatoms. The van der Waals surface area contributed by atoms with E-state index in [-0.39, 0.29) is 31.0 Å². The van der Waals surface area contributed by atoms with E-state index in [0.29, 0.717) is 21.8 Å². The highest BCUT2D eigenvalue weighted by Crippen LogP contribution is 2.47. The number of rotatable bonds is 5. The predicted molar refractivity (Wildman–Crippen MR) is 134 cm³/mol. The van der Waals surface area contributed by atoms with E-state index in [2.05, 4.69) is 21.8 Å². The summed E-state index contributed by atoms with van der Waals surface area (Å²) in [6.07, 6.45) is 1.40. The molecule has 0 bridgehead atoms. The first kappa shape index (κ1) is 24.7. The number of benzene rings is 1. The van der Waals surface area contributed by atoms with Crippen LogP contribution in [0, 0.1) is 11.3 Å². The smallest absolute Gasteiger partial charge is 0.272 e. The summed E-state index contributed by atoms with van der Waals surface area (Å²) in [5.41, 5.74) is -1.06.